The van der Waals surface area contributed by atoms with E-state index in [0.717, 1.165) is 16.7 Å². The van der Waals surface area contributed by atoms with Gasteiger partial charge in [-0.2, -0.15) is 0 Å². The molecule has 1 fully saturated rings. The van der Waals surface area contributed by atoms with Crippen LogP contribution >= 0.6 is 62.5 Å². The van der Waals surface area contributed by atoms with Gasteiger partial charge >= 0.3 is 0 Å². The lowest BCUT2D eigenvalue weighted by atomic mass is 10.1. The maximum atomic E-state index is 12.9. The number of carbonyl (C=O) groups is 3. The van der Waals surface area contributed by atoms with E-state index in [9.17, 15) is 14.4 Å². The number of hydrogen-bond donors (Lipinski definition) is 1. The Kier molecular flexibility index (Phi) is 9.27. The van der Waals surface area contributed by atoms with Crippen LogP contribution in [-0.2, 0) is 16.1 Å². The highest BCUT2D eigenvalue weighted by Crippen LogP contribution is 2.36. The van der Waals surface area contributed by atoms with E-state index in [0.29, 0.717) is 47.9 Å². The second-order valence-electron chi connectivity index (χ2n) is 7.88. The summed E-state index contributed by atoms with van der Waals surface area (Å²) in [7, 11) is 1.46. The van der Waals surface area contributed by atoms with E-state index in [2.05, 4.69) is 21.2 Å². The van der Waals surface area contributed by atoms with Gasteiger partial charge in [0.1, 0.15) is 0 Å². The summed E-state index contributed by atoms with van der Waals surface area (Å²) in [6.45, 7) is -0.238. The molecule has 1 aliphatic rings. The molecule has 0 saturated carbocycles. The molecular formula is C26H18BrCl3N2O5S. The fourth-order valence-corrected chi connectivity index (χ4v) is 5.15. The van der Waals surface area contributed by atoms with Crippen molar-refractivity contribution in [2.24, 2.45) is 0 Å². The lowest BCUT2D eigenvalue weighted by Gasteiger charge is -2.14. The number of benzene rings is 3. The van der Waals surface area contributed by atoms with Gasteiger partial charge in [0.25, 0.3) is 17.1 Å². The predicted molar refractivity (Wildman–Crippen MR) is 154 cm³/mol. The van der Waals surface area contributed by atoms with Gasteiger partial charge in [-0.15, -0.1) is 0 Å². The number of hydrogen-bond acceptors (Lipinski definition) is 6. The topological polar surface area (TPSA) is 84.9 Å². The highest BCUT2D eigenvalue weighted by molar-refractivity contribution is 9.10. The summed E-state index contributed by atoms with van der Waals surface area (Å²) in [4.78, 5) is 39.1. The second kappa shape index (κ2) is 12.4. The van der Waals surface area contributed by atoms with Gasteiger partial charge in [-0.3, -0.25) is 19.3 Å². The molecule has 0 unspecified atom stereocenters. The zero-order valence-electron chi connectivity index (χ0n) is 19.6. The quantitative estimate of drug-likeness (QED) is 0.251. The molecule has 3 amide bonds. The van der Waals surface area contributed by atoms with Crippen LogP contribution in [0.1, 0.15) is 11.1 Å². The van der Waals surface area contributed by atoms with Crippen molar-refractivity contribution >= 4 is 91.3 Å². The van der Waals surface area contributed by atoms with Gasteiger partial charge in [-0.05, 0) is 87.4 Å². The molecule has 1 aliphatic heterocycles. The molecule has 1 N–H and O–H groups in total. The Morgan fingerprint density at radius 1 is 1.03 bits per heavy atom. The van der Waals surface area contributed by atoms with E-state index in [1.807, 2.05) is 0 Å². The molecule has 0 bridgehead atoms. The first kappa shape index (κ1) is 28.3. The Balaban J connectivity index is 1.42. The Labute approximate surface area is 246 Å². The van der Waals surface area contributed by atoms with E-state index < -0.39 is 11.1 Å². The molecule has 1 saturated heterocycles. The highest BCUT2D eigenvalue weighted by Gasteiger charge is 2.35. The fraction of sp³-hybridized carbons (Fsp3) is 0.115. The molecule has 7 nitrogen and oxygen atoms in total. The lowest BCUT2D eigenvalue weighted by molar-refractivity contribution is -0.123. The number of nitrogens with one attached hydrogen (secondary N) is 1. The maximum absolute atomic E-state index is 12.9. The number of anilines is 1. The molecular weight excluding hydrogens is 639 g/mol. The Morgan fingerprint density at radius 2 is 1.82 bits per heavy atom. The Hall–Kier alpha value is -2.69. The molecule has 4 rings (SSSR count). The van der Waals surface area contributed by atoms with Crippen LogP contribution in [0.25, 0.3) is 6.08 Å². The largest absolute Gasteiger partial charge is 0.493 e. The maximum Gasteiger partial charge on any atom is 0.293 e. The molecule has 38 heavy (non-hydrogen) atoms. The second-order valence-corrected chi connectivity index (χ2v) is 11.0. The van der Waals surface area contributed by atoms with Gasteiger partial charge in [0, 0.05) is 20.2 Å². The van der Waals surface area contributed by atoms with Crippen LogP contribution in [0.4, 0.5) is 10.5 Å². The summed E-state index contributed by atoms with van der Waals surface area (Å²) < 4.78 is 11.7. The summed E-state index contributed by atoms with van der Waals surface area (Å²) in [5, 5.41) is 3.60. The van der Waals surface area contributed by atoms with Crippen molar-refractivity contribution in [1.82, 2.24) is 4.90 Å². The summed E-state index contributed by atoms with van der Waals surface area (Å²) in [6.07, 6.45) is 1.59. The number of carbonyl (C=O) groups excluding carboxylic acids is 3. The van der Waals surface area contributed by atoms with Crippen LogP contribution in [0.3, 0.4) is 0 Å². The van der Waals surface area contributed by atoms with E-state index >= 15 is 0 Å². The minimum atomic E-state index is -0.435. The van der Waals surface area contributed by atoms with Gasteiger partial charge in [0.15, 0.2) is 18.1 Å². The van der Waals surface area contributed by atoms with Crippen molar-refractivity contribution in [3.63, 3.8) is 0 Å². The molecule has 0 aromatic heterocycles. The minimum absolute atomic E-state index is 0.0304. The summed E-state index contributed by atoms with van der Waals surface area (Å²) in [6, 6.07) is 14.9. The minimum Gasteiger partial charge on any atom is -0.493 e. The average molecular weight is 657 g/mol. The van der Waals surface area contributed by atoms with Gasteiger partial charge in [0.05, 0.1) is 23.6 Å². The molecule has 3 aromatic rings. The number of thioether (sulfide) groups is 1. The van der Waals surface area contributed by atoms with Crippen molar-refractivity contribution in [2.45, 2.75) is 6.54 Å². The first-order valence-corrected chi connectivity index (χ1v) is 13.6. The summed E-state index contributed by atoms with van der Waals surface area (Å²) in [5.41, 5.74) is 1.75. The first-order chi connectivity index (χ1) is 18.1. The third-order valence-electron chi connectivity index (χ3n) is 5.26. The molecule has 196 valence electrons. The van der Waals surface area contributed by atoms with Crippen LogP contribution in [0.15, 0.2) is 64.0 Å². The van der Waals surface area contributed by atoms with Gasteiger partial charge in [-0.1, -0.05) is 46.9 Å². The molecule has 0 aliphatic carbocycles. The zero-order chi connectivity index (χ0) is 27.4. The van der Waals surface area contributed by atoms with E-state index in [1.54, 1.807) is 60.7 Å². The third kappa shape index (κ3) is 6.84. The van der Waals surface area contributed by atoms with Crippen LogP contribution in [0.2, 0.25) is 15.1 Å². The standard InChI is InChI=1S/C26H18BrCl3N2O5S/c1-36-22-8-14(2-7-21(22)37-13-24(33)31-17-5-6-18(27)20(30)11-17)9-23-25(34)32(26(35)38-23)12-15-3-4-16(28)10-19(15)29/h2-11H,12-13H2,1H3,(H,31,33)/b23-9-. The molecule has 3 aromatic carbocycles. The number of ether oxygens (including phenoxy) is 2. The number of methoxy groups -OCH3 is 1. The summed E-state index contributed by atoms with van der Waals surface area (Å²) >= 11 is 22.3. The van der Waals surface area contributed by atoms with Crippen molar-refractivity contribution < 1.29 is 23.9 Å². The molecule has 0 atom stereocenters. The van der Waals surface area contributed by atoms with Gasteiger partial charge in [-0.25, -0.2) is 0 Å². The number of nitrogens with zero attached hydrogens (tertiary/aromatic N) is 1. The first-order valence-electron chi connectivity index (χ1n) is 10.9. The fourth-order valence-electron chi connectivity index (χ4n) is 3.42. The molecule has 0 radical (unpaired) electrons. The normalized spacial score (nSPS) is 14.2. The SMILES string of the molecule is COc1cc(/C=C2\SC(=O)N(Cc3ccc(Cl)cc3Cl)C2=O)ccc1OCC(=O)Nc1ccc(Br)c(Cl)c1. The van der Waals surface area contributed by atoms with Gasteiger partial charge < -0.3 is 14.8 Å². The number of amides is 3. The average Bonchev–Trinajstić information content (AvgIpc) is 3.14. The monoisotopic (exact) mass is 654 g/mol. The van der Waals surface area contributed by atoms with Crippen LogP contribution < -0.4 is 14.8 Å². The zero-order valence-corrected chi connectivity index (χ0v) is 24.3. The number of imide groups is 1. The Bertz CT molecular complexity index is 1470. The summed E-state index contributed by atoms with van der Waals surface area (Å²) in [5.74, 6) is -0.136. The lowest BCUT2D eigenvalue weighted by Crippen LogP contribution is -2.27. The molecule has 12 heteroatoms. The number of rotatable bonds is 8. The van der Waals surface area contributed by atoms with Crippen molar-refractivity contribution in [2.75, 3.05) is 19.0 Å². The van der Waals surface area contributed by atoms with Crippen LogP contribution in [-0.4, -0.2) is 35.7 Å². The van der Waals surface area contributed by atoms with Gasteiger partial charge in [0.2, 0.25) is 0 Å². The molecule has 1 heterocycles. The predicted octanol–water partition coefficient (Wildman–Crippen LogP) is 7.67. The van der Waals surface area contributed by atoms with E-state index in [1.165, 1.54) is 7.11 Å². The van der Waals surface area contributed by atoms with E-state index in [4.69, 9.17) is 44.3 Å². The van der Waals surface area contributed by atoms with Crippen molar-refractivity contribution in [3.05, 3.63) is 90.2 Å². The molecule has 0 spiro atoms. The van der Waals surface area contributed by atoms with Crippen molar-refractivity contribution in [3.8, 4) is 11.5 Å². The smallest absolute Gasteiger partial charge is 0.293 e. The highest BCUT2D eigenvalue weighted by atomic mass is 79.9. The Morgan fingerprint density at radius 3 is 2.53 bits per heavy atom. The van der Waals surface area contributed by atoms with E-state index in [-0.39, 0.29) is 24.0 Å². The number of halogens is 4. The van der Waals surface area contributed by atoms with Crippen LogP contribution in [0, 0.1) is 0 Å². The third-order valence-corrected chi connectivity index (χ3v) is 7.99. The van der Waals surface area contributed by atoms with Crippen molar-refractivity contribution in [1.29, 1.82) is 0 Å². The van der Waals surface area contributed by atoms with Crippen LogP contribution in [0.5, 0.6) is 11.5 Å².